The van der Waals surface area contributed by atoms with Crippen molar-refractivity contribution in [3.63, 3.8) is 0 Å². The van der Waals surface area contributed by atoms with Gasteiger partial charge in [-0.05, 0) is 48.6 Å². The van der Waals surface area contributed by atoms with E-state index in [0.717, 1.165) is 42.7 Å². The number of ether oxygens (including phenoxy) is 1. The van der Waals surface area contributed by atoms with Gasteiger partial charge in [-0.2, -0.15) is 0 Å². The van der Waals surface area contributed by atoms with E-state index in [0.29, 0.717) is 16.3 Å². The number of halogens is 2. The molecule has 3 fully saturated rings. The number of hydrogen-bond donors (Lipinski definition) is 2. The average molecular weight is 489 g/mol. The summed E-state index contributed by atoms with van der Waals surface area (Å²) in [5.41, 5.74) is 1.74. The molecule has 2 N–H and O–H groups in total. The predicted octanol–water partition coefficient (Wildman–Crippen LogP) is 5.26. The maximum Gasteiger partial charge on any atom is 0.318 e. The Hall–Kier alpha value is -2.44. The van der Waals surface area contributed by atoms with Gasteiger partial charge < -0.3 is 20.1 Å². The fourth-order valence-electron chi connectivity index (χ4n) is 5.37. The molecule has 1 saturated carbocycles. The highest BCUT2D eigenvalue weighted by atomic mass is 35.5. The maximum atomic E-state index is 13.1. The van der Waals surface area contributed by atoms with E-state index in [9.17, 15) is 9.59 Å². The van der Waals surface area contributed by atoms with E-state index >= 15 is 0 Å². The zero-order chi connectivity index (χ0) is 23.1. The fraction of sp³-hybridized carbons (Fsp3) is 0.440. The molecule has 33 heavy (non-hydrogen) atoms. The van der Waals surface area contributed by atoms with E-state index in [1.165, 1.54) is 0 Å². The van der Waals surface area contributed by atoms with E-state index in [1.54, 1.807) is 18.2 Å². The Kier molecular flexibility index (Phi) is 6.14. The number of urea groups is 1. The molecule has 3 aliphatic rings. The lowest BCUT2D eigenvalue weighted by atomic mass is 10.00. The number of benzene rings is 2. The molecule has 1 aliphatic carbocycles. The molecule has 5 rings (SSSR count). The summed E-state index contributed by atoms with van der Waals surface area (Å²) in [6.07, 6.45) is 4.29. The lowest BCUT2D eigenvalue weighted by Crippen LogP contribution is -2.53. The Morgan fingerprint density at radius 1 is 1.03 bits per heavy atom. The van der Waals surface area contributed by atoms with Crippen molar-refractivity contribution in [3.05, 3.63) is 63.6 Å². The smallest absolute Gasteiger partial charge is 0.318 e. The van der Waals surface area contributed by atoms with Crippen LogP contribution in [0.25, 0.3) is 0 Å². The van der Waals surface area contributed by atoms with E-state index in [4.69, 9.17) is 33.0 Å². The van der Waals surface area contributed by atoms with Gasteiger partial charge in [0.15, 0.2) is 0 Å². The number of carboxylic acid groups (broad SMARTS) is 1. The van der Waals surface area contributed by atoms with E-state index in [2.05, 4.69) is 5.32 Å². The van der Waals surface area contributed by atoms with Gasteiger partial charge in [0.1, 0.15) is 11.9 Å². The summed E-state index contributed by atoms with van der Waals surface area (Å²) < 4.78 is 6.18. The quantitative estimate of drug-likeness (QED) is 0.580. The largest absolute Gasteiger partial charge is 0.489 e. The molecule has 2 aliphatic heterocycles. The van der Waals surface area contributed by atoms with Crippen LogP contribution < -0.4 is 10.1 Å². The normalized spacial score (nSPS) is 27.8. The summed E-state index contributed by atoms with van der Waals surface area (Å²) in [4.78, 5) is 26.0. The van der Waals surface area contributed by atoms with Crippen LogP contribution in [-0.4, -0.2) is 46.2 Å². The van der Waals surface area contributed by atoms with Crippen LogP contribution in [0.3, 0.4) is 0 Å². The second-order valence-corrected chi connectivity index (χ2v) is 10.1. The monoisotopic (exact) mass is 488 g/mol. The van der Waals surface area contributed by atoms with E-state index in [-0.39, 0.29) is 42.6 Å². The molecule has 2 aromatic carbocycles. The van der Waals surface area contributed by atoms with Crippen LogP contribution in [0.5, 0.6) is 5.75 Å². The molecule has 6 nitrogen and oxygen atoms in total. The average Bonchev–Trinajstić information content (AvgIpc) is 3.46. The highest BCUT2D eigenvalue weighted by Gasteiger charge is 2.47. The summed E-state index contributed by atoms with van der Waals surface area (Å²) in [7, 11) is 0. The van der Waals surface area contributed by atoms with Crippen LogP contribution in [0.1, 0.15) is 49.1 Å². The number of amides is 2. The molecule has 8 heteroatoms. The van der Waals surface area contributed by atoms with E-state index in [1.807, 2.05) is 29.2 Å². The van der Waals surface area contributed by atoms with Gasteiger partial charge in [-0.15, -0.1) is 0 Å². The second kappa shape index (κ2) is 9.07. The topological polar surface area (TPSA) is 78.9 Å². The molecule has 2 unspecified atom stereocenters. The Labute approximate surface area is 202 Å². The fourth-order valence-corrected chi connectivity index (χ4v) is 5.89. The molecule has 0 aromatic heterocycles. The Balaban J connectivity index is 1.18. The van der Waals surface area contributed by atoms with Crippen molar-refractivity contribution >= 4 is 35.2 Å². The number of carbonyl (C=O) groups is 2. The standard InChI is InChI=1S/C25H26Cl2N2O4/c26-20-4-2-1-3-18(20)19-13-22(19)28-25(32)29-15-6-7-16(29)12-17(11-15)33-23-8-5-14(9-21(23)27)10-24(30)31/h1-5,8-9,15-17,19,22H,6-7,10-13H2,(H,28,32)(H,30,31)/t15-,16?,17?,19+,22-/m0/s1. The first-order chi connectivity index (χ1) is 15.9. The number of rotatable bonds is 6. The van der Waals surface area contributed by atoms with Gasteiger partial charge in [-0.25, -0.2) is 4.79 Å². The summed E-state index contributed by atoms with van der Waals surface area (Å²) in [6, 6.07) is 13.4. The first kappa shape index (κ1) is 22.4. The lowest BCUT2D eigenvalue weighted by Gasteiger charge is -2.39. The molecule has 2 heterocycles. The van der Waals surface area contributed by atoms with Gasteiger partial charge in [0.25, 0.3) is 0 Å². The first-order valence-electron chi connectivity index (χ1n) is 11.4. The van der Waals surface area contributed by atoms with Crippen molar-refractivity contribution in [1.29, 1.82) is 0 Å². The van der Waals surface area contributed by atoms with E-state index < -0.39 is 5.97 Å². The van der Waals surface area contributed by atoms with Gasteiger partial charge in [0, 0.05) is 41.9 Å². The van der Waals surface area contributed by atoms with Crippen molar-refractivity contribution in [3.8, 4) is 5.75 Å². The molecule has 2 bridgehead atoms. The third-order valence-corrected chi connectivity index (χ3v) is 7.61. The summed E-state index contributed by atoms with van der Waals surface area (Å²) >= 11 is 12.7. The van der Waals surface area contributed by atoms with Gasteiger partial charge in [0.2, 0.25) is 0 Å². The third-order valence-electron chi connectivity index (χ3n) is 6.97. The molecule has 5 atom stereocenters. The zero-order valence-corrected chi connectivity index (χ0v) is 19.6. The Morgan fingerprint density at radius 3 is 2.42 bits per heavy atom. The molecule has 174 valence electrons. The third kappa shape index (κ3) is 4.78. The van der Waals surface area contributed by atoms with Gasteiger partial charge in [-0.1, -0.05) is 47.5 Å². The van der Waals surface area contributed by atoms with Crippen LogP contribution in [-0.2, 0) is 11.2 Å². The summed E-state index contributed by atoms with van der Waals surface area (Å²) in [5, 5.41) is 13.3. The Bertz CT molecular complexity index is 1060. The summed E-state index contributed by atoms with van der Waals surface area (Å²) in [5.74, 6) is -0.0487. The minimum atomic E-state index is -0.897. The first-order valence-corrected chi connectivity index (χ1v) is 12.1. The number of carbonyl (C=O) groups excluding carboxylic acids is 1. The molecular formula is C25H26Cl2N2O4. The van der Waals surface area contributed by atoms with Gasteiger partial charge in [0.05, 0.1) is 11.4 Å². The van der Waals surface area contributed by atoms with Crippen molar-refractivity contribution in [2.45, 2.75) is 68.7 Å². The highest BCUT2D eigenvalue weighted by molar-refractivity contribution is 6.32. The SMILES string of the molecule is O=C(O)Cc1ccc(OC2CC3CC[C@@H](C2)N3C(=O)N[C@H]2C[C@@H]2c2ccccc2Cl)c(Cl)c1. The zero-order valence-electron chi connectivity index (χ0n) is 18.0. The van der Waals surface area contributed by atoms with Crippen molar-refractivity contribution in [2.75, 3.05) is 0 Å². The number of piperidine rings is 1. The minimum Gasteiger partial charge on any atom is -0.489 e. The van der Waals surface area contributed by atoms with Crippen LogP contribution in [0.4, 0.5) is 4.79 Å². The number of fused-ring (bicyclic) bond motifs is 2. The molecule has 0 radical (unpaired) electrons. The van der Waals surface area contributed by atoms with Crippen LogP contribution in [0, 0.1) is 0 Å². The highest BCUT2D eigenvalue weighted by Crippen LogP contribution is 2.44. The minimum absolute atomic E-state index is 0.0107. The predicted molar refractivity (Wildman–Crippen MR) is 126 cm³/mol. The van der Waals surface area contributed by atoms with Crippen LogP contribution in [0.15, 0.2) is 42.5 Å². The molecule has 2 saturated heterocycles. The van der Waals surface area contributed by atoms with Crippen LogP contribution in [0.2, 0.25) is 10.0 Å². The molecule has 2 amide bonds. The molecule has 2 aromatic rings. The number of nitrogens with zero attached hydrogens (tertiary/aromatic N) is 1. The maximum absolute atomic E-state index is 13.1. The van der Waals surface area contributed by atoms with Crippen molar-refractivity contribution in [1.82, 2.24) is 10.2 Å². The van der Waals surface area contributed by atoms with Crippen LogP contribution >= 0.6 is 23.2 Å². The van der Waals surface area contributed by atoms with Gasteiger partial charge in [-0.3, -0.25) is 4.79 Å². The number of carboxylic acids is 1. The molecule has 0 spiro atoms. The Morgan fingerprint density at radius 2 is 1.76 bits per heavy atom. The molecular weight excluding hydrogens is 463 g/mol. The van der Waals surface area contributed by atoms with Crippen molar-refractivity contribution in [2.24, 2.45) is 0 Å². The number of aliphatic carboxylic acids is 1. The number of hydrogen-bond acceptors (Lipinski definition) is 3. The number of nitrogens with one attached hydrogen (secondary N) is 1. The lowest BCUT2D eigenvalue weighted by molar-refractivity contribution is -0.136. The summed E-state index contributed by atoms with van der Waals surface area (Å²) in [6.45, 7) is 0. The van der Waals surface area contributed by atoms with Crippen molar-refractivity contribution < 1.29 is 19.4 Å². The second-order valence-electron chi connectivity index (χ2n) is 9.26. The van der Waals surface area contributed by atoms with Gasteiger partial charge >= 0.3 is 12.0 Å².